The molecule has 0 saturated heterocycles. The standard InChI is InChI=1S/C13H11F2NO6S2/c1-20-11-3-2-10(14)9(12(11)15)5-21-7-24(18,19)22-13(17)8-4-16-23-6-8/h2-4,6H,5,7H2,1H3. The number of methoxy groups -OCH3 is 1. The summed E-state index contributed by atoms with van der Waals surface area (Å²) in [5.74, 6) is -4.32. The minimum Gasteiger partial charge on any atom is -0.494 e. The van der Waals surface area contributed by atoms with Crippen molar-refractivity contribution in [1.29, 1.82) is 0 Å². The number of halogens is 2. The average Bonchev–Trinajstić information content (AvgIpc) is 3.05. The van der Waals surface area contributed by atoms with Gasteiger partial charge in [0.25, 0.3) is 0 Å². The molecule has 0 spiro atoms. The van der Waals surface area contributed by atoms with Crippen LogP contribution < -0.4 is 4.74 Å². The number of carbonyl (C=O) groups excluding carboxylic acids is 1. The zero-order chi connectivity index (χ0) is 17.7. The van der Waals surface area contributed by atoms with Crippen LogP contribution in [0.4, 0.5) is 8.78 Å². The van der Waals surface area contributed by atoms with Crippen molar-refractivity contribution in [2.45, 2.75) is 6.61 Å². The van der Waals surface area contributed by atoms with Gasteiger partial charge < -0.3 is 13.7 Å². The van der Waals surface area contributed by atoms with Gasteiger partial charge in [-0.3, -0.25) is 0 Å². The summed E-state index contributed by atoms with van der Waals surface area (Å²) in [6.45, 7) is -0.689. The van der Waals surface area contributed by atoms with Gasteiger partial charge in [-0.1, -0.05) is 0 Å². The average molecular weight is 379 g/mol. The monoisotopic (exact) mass is 379 g/mol. The Bertz CT molecular complexity index is 823. The van der Waals surface area contributed by atoms with Gasteiger partial charge in [0.2, 0.25) is 0 Å². The van der Waals surface area contributed by atoms with Crippen LogP contribution in [0, 0.1) is 11.6 Å². The van der Waals surface area contributed by atoms with Crippen molar-refractivity contribution in [3.63, 3.8) is 0 Å². The molecule has 0 aliphatic carbocycles. The maximum absolute atomic E-state index is 13.9. The first kappa shape index (κ1) is 18.2. The summed E-state index contributed by atoms with van der Waals surface area (Å²) in [6, 6.07) is 2.04. The first-order chi connectivity index (χ1) is 11.3. The molecule has 0 unspecified atom stereocenters. The molecule has 0 aliphatic rings. The molecule has 0 atom stereocenters. The van der Waals surface area contributed by atoms with Crippen molar-refractivity contribution in [2.75, 3.05) is 13.0 Å². The van der Waals surface area contributed by atoms with Gasteiger partial charge in [-0.15, -0.1) is 0 Å². The fraction of sp³-hybridized carbons (Fsp3) is 0.231. The normalized spacial score (nSPS) is 11.3. The molecule has 7 nitrogen and oxygen atoms in total. The third-order valence-electron chi connectivity index (χ3n) is 2.72. The van der Waals surface area contributed by atoms with E-state index in [4.69, 9.17) is 9.47 Å². The van der Waals surface area contributed by atoms with E-state index >= 15 is 0 Å². The Labute approximate surface area is 140 Å². The Kier molecular flexibility index (Phi) is 5.80. The molecule has 2 aromatic rings. The van der Waals surface area contributed by atoms with E-state index in [0.717, 1.165) is 29.9 Å². The van der Waals surface area contributed by atoms with Gasteiger partial charge >= 0.3 is 16.1 Å². The highest BCUT2D eigenvalue weighted by Crippen LogP contribution is 2.23. The number of ether oxygens (including phenoxy) is 2. The first-order valence-corrected chi connectivity index (χ1v) is 8.70. The van der Waals surface area contributed by atoms with Crippen LogP contribution in [0.5, 0.6) is 5.75 Å². The van der Waals surface area contributed by atoms with Crippen LogP contribution in [0.15, 0.2) is 23.7 Å². The van der Waals surface area contributed by atoms with E-state index in [-0.39, 0.29) is 11.3 Å². The first-order valence-electron chi connectivity index (χ1n) is 6.28. The lowest BCUT2D eigenvalue weighted by Crippen LogP contribution is -2.18. The van der Waals surface area contributed by atoms with E-state index in [1.165, 1.54) is 12.5 Å². The lowest BCUT2D eigenvalue weighted by molar-refractivity contribution is 0.0727. The molecule has 0 bridgehead atoms. The van der Waals surface area contributed by atoms with Crippen LogP contribution in [-0.2, 0) is 25.6 Å². The molecule has 0 fully saturated rings. The predicted octanol–water partition coefficient (Wildman–Crippen LogP) is 2.09. The van der Waals surface area contributed by atoms with Gasteiger partial charge in [-0.25, -0.2) is 17.9 Å². The minimum absolute atomic E-state index is 0.0338. The highest BCUT2D eigenvalue weighted by atomic mass is 32.2. The van der Waals surface area contributed by atoms with E-state index in [1.54, 1.807) is 0 Å². The van der Waals surface area contributed by atoms with Crippen molar-refractivity contribution in [2.24, 2.45) is 0 Å². The molecule has 0 saturated carbocycles. The van der Waals surface area contributed by atoms with Crippen LogP contribution >= 0.6 is 11.5 Å². The van der Waals surface area contributed by atoms with Gasteiger partial charge in [0.05, 0.1) is 31.0 Å². The molecule has 130 valence electrons. The molecular weight excluding hydrogens is 368 g/mol. The Morgan fingerprint density at radius 1 is 1.33 bits per heavy atom. The number of aromatic nitrogens is 1. The van der Waals surface area contributed by atoms with E-state index < -0.39 is 45.8 Å². The summed E-state index contributed by atoms with van der Waals surface area (Å²) >= 11 is 0.944. The van der Waals surface area contributed by atoms with Crippen LogP contribution in [0.2, 0.25) is 0 Å². The number of rotatable bonds is 7. The Balaban J connectivity index is 1.97. The van der Waals surface area contributed by atoms with Crippen molar-refractivity contribution in [3.8, 4) is 5.75 Å². The fourth-order valence-electron chi connectivity index (χ4n) is 1.61. The minimum atomic E-state index is -4.39. The quantitative estimate of drug-likeness (QED) is 0.680. The highest BCUT2D eigenvalue weighted by Gasteiger charge is 2.21. The molecule has 1 aromatic heterocycles. The van der Waals surface area contributed by atoms with Crippen LogP contribution in [0.3, 0.4) is 0 Å². The molecular formula is C13H11F2NO6S2. The molecule has 2 rings (SSSR count). The summed E-state index contributed by atoms with van der Waals surface area (Å²) in [5.41, 5.74) is -0.536. The Morgan fingerprint density at radius 2 is 2.08 bits per heavy atom. The van der Waals surface area contributed by atoms with Crippen LogP contribution in [0.25, 0.3) is 0 Å². The van der Waals surface area contributed by atoms with E-state index in [2.05, 4.69) is 8.56 Å². The number of nitrogens with zero attached hydrogens (tertiary/aromatic N) is 1. The lowest BCUT2D eigenvalue weighted by Gasteiger charge is -2.10. The molecule has 0 aliphatic heterocycles. The molecule has 0 amide bonds. The van der Waals surface area contributed by atoms with Crippen molar-refractivity contribution in [3.05, 3.63) is 46.5 Å². The zero-order valence-electron chi connectivity index (χ0n) is 12.2. The SMILES string of the molecule is COc1ccc(F)c(COCS(=O)(=O)OC(=O)c2cnsc2)c1F. The number of hydrogen-bond donors (Lipinski definition) is 0. The van der Waals surface area contributed by atoms with E-state index in [1.807, 2.05) is 0 Å². The summed E-state index contributed by atoms with van der Waals surface area (Å²) in [5, 5.41) is 1.31. The second-order valence-electron chi connectivity index (χ2n) is 4.35. The Morgan fingerprint density at radius 3 is 2.71 bits per heavy atom. The Hall–Kier alpha value is -2.11. The van der Waals surface area contributed by atoms with Crippen LogP contribution in [-0.4, -0.2) is 31.8 Å². The number of hydrogen-bond acceptors (Lipinski definition) is 8. The molecule has 24 heavy (non-hydrogen) atoms. The van der Waals surface area contributed by atoms with Gasteiger partial charge in [0.15, 0.2) is 17.5 Å². The van der Waals surface area contributed by atoms with Gasteiger partial charge in [-0.2, -0.15) is 8.42 Å². The van der Waals surface area contributed by atoms with Gasteiger partial charge in [-0.05, 0) is 23.7 Å². The van der Waals surface area contributed by atoms with Gasteiger partial charge in [0, 0.05) is 5.38 Å². The van der Waals surface area contributed by atoms with E-state index in [0.29, 0.717) is 0 Å². The fourth-order valence-corrected chi connectivity index (χ4v) is 2.77. The van der Waals surface area contributed by atoms with E-state index in [9.17, 15) is 22.0 Å². The van der Waals surface area contributed by atoms with Crippen molar-refractivity contribution in [1.82, 2.24) is 4.37 Å². The van der Waals surface area contributed by atoms with Crippen molar-refractivity contribution >= 4 is 27.6 Å². The van der Waals surface area contributed by atoms with Crippen molar-refractivity contribution < 1.29 is 35.6 Å². The summed E-state index contributed by atoms with van der Waals surface area (Å²) in [4.78, 5) is 11.5. The van der Waals surface area contributed by atoms with Crippen LogP contribution in [0.1, 0.15) is 15.9 Å². The second kappa shape index (κ2) is 7.64. The molecule has 1 heterocycles. The number of carbonyl (C=O) groups is 1. The topological polar surface area (TPSA) is 91.8 Å². The predicted molar refractivity (Wildman–Crippen MR) is 79.0 cm³/mol. The maximum atomic E-state index is 13.9. The summed E-state index contributed by atoms with van der Waals surface area (Å²) in [6.07, 6.45) is 1.14. The third kappa shape index (κ3) is 4.46. The van der Waals surface area contributed by atoms with Gasteiger partial charge in [0.1, 0.15) is 5.82 Å². The molecule has 0 N–H and O–H groups in total. The third-order valence-corrected chi connectivity index (χ3v) is 4.16. The smallest absolute Gasteiger partial charge is 0.356 e. The molecule has 11 heteroatoms. The number of benzene rings is 1. The highest BCUT2D eigenvalue weighted by molar-refractivity contribution is 7.86. The zero-order valence-corrected chi connectivity index (χ0v) is 13.8. The summed E-state index contributed by atoms with van der Waals surface area (Å²) in [7, 11) is -3.19. The largest absolute Gasteiger partial charge is 0.494 e. The second-order valence-corrected chi connectivity index (χ2v) is 6.53. The molecule has 0 radical (unpaired) electrons. The summed E-state index contributed by atoms with van der Waals surface area (Å²) < 4.78 is 68.0. The molecule has 1 aromatic carbocycles. The lowest BCUT2D eigenvalue weighted by atomic mass is 10.2. The maximum Gasteiger partial charge on any atom is 0.356 e.